The van der Waals surface area contributed by atoms with Gasteiger partial charge < -0.3 is 10.4 Å². The Hall–Kier alpha value is -2.71. The summed E-state index contributed by atoms with van der Waals surface area (Å²) in [7, 11) is -3.82. The summed E-state index contributed by atoms with van der Waals surface area (Å²) in [5.74, 6) is -0.959. The number of aliphatic hydroxyl groups excluding tert-OH is 1. The lowest BCUT2D eigenvalue weighted by atomic mass is 9.96. The lowest BCUT2D eigenvalue weighted by molar-refractivity contribution is -0.115. The molecule has 2 aromatic carbocycles. The minimum Gasteiger partial charge on any atom is -0.396 e. The highest BCUT2D eigenvalue weighted by Gasteiger charge is 2.28. The molecule has 0 bridgehead atoms. The highest BCUT2D eigenvalue weighted by molar-refractivity contribution is 7.90. The van der Waals surface area contributed by atoms with Crippen molar-refractivity contribution < 1.29 is 18.3 Å². The molecule has 1 aliphatic rings. The molecule has 1 amide bonds. The number of aliphatic imine (C=N–C) groups is 1. The van der Waals surface area contributed by atoms with Gasteiger partial charge in [-0.15, -0.1) is 0 Å². The first-order valence-corrected chi connectivity index (χ1v) is 9.64. The second kappa shape index (κ2) is 7.67. The molecular formula is C18H19N3O4S. The van der Waals surface area contributed by atoms with Gasteiger partial charge in [0.15, 0.2) is 0 Å². The molecule has 0 fully saturated rings. The highest BCUT2D eigenvalue weighted by Crippen LogP contribution is 2.26. The average molecular weight is 373 g/mol. The van der Waals surface area contributed by atoms with E-state index in [2.05, 4.69) is 15.0 Å². The maximum atomic E-state index is 12.4. The van der Waals surface area contributed by atoms with Gasteiger partial charge in [0, 0.05) is 19.1 Å². The molecule has 1 atom stereocenters. The molecule has 8 heteroatoms. The van der Waals surface area contributed by atoms with Crippen molar-refractivity contribution in [2.24, 2.45) is 4.99 Å². The zero-order valence-corrected chi connectivity index (χ0v) is 14.7. The Kier molecular flexibility index (Phi) is 5.34. The first-order chi connectivity index (χ1) is 12.5. The third kappa shape index (κ3) is 3.92. The van der Waals surface area contributed by atoms with Gasteiger partial charge in [0.2, 0.25) is 5.84 Å². The lowest BCUT2D eigenvalue weighted by Gasteiger charge is -2.20. The van der Waals surface area contributed by atoms with Crippen LogP contribution in [-0.2, 0) is 14.8 Å². The summed E-state index contributed by atoms with van der Waals surface area (Å²) in [6.07, 6.45) is 0.478. The van der Waals surface area contributed by atoms with Crippen molar-refractivity contribution >= 4 is 27.5 Å². The quantitative estimate of drug-likeness (QED) is 0.709. The van der Waals surface area contributed by atoms with Gasteiger partial charge in [-0.2, -0.15) is 0 Å². The molecular weight excluding hydrogens is 354 g/mol. The van der Waals surface area contributed by atoms with E-state index in [4.69, 9.17) is 0 Å². The predicted octanol–water partition coefficient (Wildman–Crippen LogP) is 1.29. The summed E-state index contributed by atoms with van der Waals surface area (Å²) in [5, 5.41) is 12.0. The largest absolute Gasteiger partial charge is 0.396 e. The number of rotatable bonds is 6. The average Bonchev–Trinajstić information content (AvgIpc) is 2.65. The van der Waals surface area contributed by atoms with Crippen LogP contribution in [0.1, 0.15) is 17.9 Å². The van der Waals surface area contributed by atoms with Crippen molar-refractivity contribution in [3.8, 4) is 0 Å². The van der Waals surface area contributed by atoms with E-state index in [1.54, 1.807) is 18.2 Å². The molecule has 3 rings (SSSR count). The zero-order valence-electron chi connectivity index (χ0n) is 13.9. The number of aliphatic hydroxyl groups is 1. The van der Waals surface area contributed by atoms with E-state index in [9.17, 15) is 18.3 Å². The van der Waals surface area contributed by atoms with Crippen LogP contribution in [-0.4, -0.2) is 38.4 Å². The summed E-state index contributed by atoms with van der Waals surface area (Å²) >= 11 is 0. The van der Waals surface area contributed by atoms with E-state index < -0.39 is 15.9 Å². The monoisotopic (exact) mass is 373 g/mol. The van der Waals surface area contributed by atoms with Gasteiger partial charge >= 0.3 is 0 Å². The van der Waals surface area contributed by atoms with Gasteiger partial charge in [-0.1, -0.05) is 42.5 Å². The number of hydrogen-bond acceptors (Lipinski definition) is 5. The van der Waals surface area contributed by atoms with E-state index in [1.807, 2.05) is 30.3 Å². The molecule has 3 N–H and O–H groups in total. The maximum absolute atomic E-state index is 12.4. The first kappa shape index (κ1) is 18.1. The van der Waals surface area contributed by atoms with E-state index in [0.717, 1.165) is 5.56 Å². The number of fused-ring (bicyclic) bond motifs is 1. The standard InChI is InChI=1S/C18H19N3O4S/c22-11-10-14(13-6-2-1-3-7-13)12-19-18(23)17-20-15-8-4-5-9-16(15)26(24,25)21-17/h1-9,14,22H,10-12H2,(H,19,23)(H,20,21). The van der Waals surface area contributed by atoms with Gasteiger partial charge in [0.1, 0.15) is 4.90 Å². The molecule has 0 saturated carbocycles. The Balaban J connectivity index is 1.75. The topological polar surface area (TPSA) is 108 Å². The predicted molar refractivity (Wildman–Crippen MR) is 97.8 cm³/mol. The molecule has 1 aliphatic heterocycles. The van der Waals surface area contributed by atoms with Crippen LogP contribution in [0.5, 0.6) is 0 Å². The molecule has 2 aromatic rings. The molecule has 136 valence electrons. The second-order valence-electron chi connectivity index (χ2n) is 5.86. The maximum Gasteiger partial charge on any atom is 0.287 e. The molecule has 0 radical (unpaired) electrons. The van der Waals surface area contributed by atoms with Crippen LogP contribution in [0.25, 0.3) is 0 Å². The van der Waals surface area contributed by atoms with E-state index in [1.165, 1.54) is 6.07 Å². The summed E-state index contributed by atoms with van der Waals surface area (Å²) in [6.45, 7) is 0.238. The van der Waals surface area contributed by atoms with Gasteiger partial charge in [-0.25, -0.2) is 13.4 Å². The summed E-state index contributed by atoms with van der Waals surface area (Å²) in [6, 6.07) is 15.7. The molecule has 0 aliphatic carbocycles. The SMILES string of the molecule is O=C(NCC(CCO)c1ccccc1)C1=Nc2ccccc2S(=O)(=O)N1. The van der Waals surface area contributed by atoms with Crippen molar-refractivity contribution in [2.45, 2.75) is 17.2 Å². The Morgan fingerprint density at radius 1 is 1.12 bits per heavy atom. The Morgan fingerprint density at radius 3 is 2.54 bits per heavy atom. The van der Waals surface area contributed by atoms with Crippen molar-refractivity contribution in [3.05, 3.63) is 60.2 Å². The molecule has 0 aromatic heterocycles. The minimum absolute atomic E-state index is 0.0175. The smallest absolute Gasteiger partial charge is 0.287 e. The Bertz CT molecular complexity index is 926. The van der Waals surface area contributed by atoms with Crippen LogP contribution in [0.4, 0.5) is 5.69 Å². The van der Waals surface area contributed by atoms with Crippen LogP contribution >= 0.6 is 0 Å². The van der Waals surface area contributed by atoms with Crippen molar-refractivity contribution in [2.75, 3.05) is 13.2 Å². The normalized spacial score (nSPS) is 16.0. The minimum atomic E-state index is -3.82. The lowest BCUT2D eigenvalue weighted by Crippen LogP contribution is -2.45. The molecule has 7 nitrogen and oxygen atoms in total. The summed E-state index contributed by atoms with van der Waals surface area (Å²) < 4.78 is 26.7. The zero-order chi connectivity index (χ0) is 18.6. The highest BCUT2D eigenvalue weighted by atomic mass is 32.2. The van der Waals surface area contributed by atoms with Gasteiger partial charge in [0.05, 0.1) is 5.69 Å². The molecule has 1 heterocycles. The number of carbonyl (C=O) groups is 1. The first-order valence-electron chi connectivity index (χ1n) is 8.16. The number of amides is 1. The van der Waals surface area contributed by atoms with E-state index in [0.29, 0.717) is 6.42 Å². The van der Waals surface area contributed by atoms with Crippen molar-refractivity contribution in [3.63, 3.8) is 0 Å². The fourth-order valence-corrected chi connectivity index (χ4v) is 3.92. The Morgan fingerprint density at radius 2 is 1.81 bits per heavy atom. The number of amidine groups is 1. The van der Waals surface area contributed by atoms with E-state index >= 15 is 0 Å². The van der Waals surface area contributed by atoms with Crippen LogP contribution in [0.15, 0.2) is 64.5 Å². The number of nitrogens with one attached hydrogen (secondary N) is 2. The van der Waals surface area contributed by atoms with Crippen LogP contribution in [0, 0.1) is 0 Å². The third-order valence-electron chi connectivity index (χ3n) is 4.09. The number of sulfonamides is 1. The molecule has 1 unspecified atom stereocenters. The number of benzene rings is 2. The fraction of sp³-hybridized carbons (Fsp3) is 0.222. The molecule has 26 heavy (non-hydrogen) atoms. The van der Waals surface area contributed by atoms with E-state index in [-0.39, 0.29) is 35.5 Å². The second-order valence-corrected chi connectivity index (χ2v) is 7.51. The fourth-order valence-electron chi connectivity index (χ4n) is 2.77. The van der Waals surface area contributed by atoms with Gasteiger partial charge in [-0.05, 0) is 24.1 Å². The van der Waals surface area contributed by atoms with Gasteiger partial charge in [-0.3, -0.25) is 9.52 Å². The summed E-state index contributed by atoms with van der Waals surface area (Å²) in [5.41, 5.74) is 1.21. The molecule has 0 spiro atoms. The number of carbonyl (C=O) groups excluding carboxylic acids is 1. The number of para-hydroxylation sites is 1. The number of hydrogen-bond donors (Lipinski definition) is 3. The van der Waals surface area contributed by atoms with Crippen LogP contribution < -0.4 is 10.0 Å². The summed E-state index contributed by atoms with van der Waals surface area (Å²) in [4.78, 5) is 16.5. The number of nitrogens with zero attached hydrogens (tertiary/aromatic N) is 1. The van der Waals surface area contributed by atoms with Crippen molar-refractivity contribution in [1.29, 1.82) is 0 Å². The third-order valence-corrected chi connectivity index (χ3v) is 5.48. The van der Waals surface area contributed by atoms with Crippen LogP contribution in [0.3, 0.4) is 0 Å². The molecule has 0 saturated heterocycles. The van der Waals surface area contributed by atoms with Crippen LogP contribution in [0.2, 0.25) is 0 Å². The van der Waals surface area contributed by atoms with Gasteiger partial charge in [0.25, 0.3) is 15.9 Å². The Labute approximate surface area is 151 Å². The van der Waals surface area contributed by atoms with Crippen molar-refractivity contribution in [1.82, 2.24) is 10.0 Å².